The Balaban J connectivity index is 1.65. The molecule has 2 fully saturated rings. The van der Waals surface area contributed by atoms with Crippen molar-refractivity contribution < 1.29 is 19.7 Å². The van der Waals surface area contributed by atoms with Gasteiger partial charge >= 0.3 is 0 Å². The van der Waals surface area contributed by atoms with Crippen LogP contribution in [-0.4, -0.2) is 28.7 Å². The number of carbonyl (C=O) groups is 3. The molecule has 0 aromatic heterocycles. The number of aryl methyl sites for hydroxylation is 1. The SMILES string of the molecule is Cc1cc(Cl)cc2c1NC(=O)[C@@]21[NH2+][C@H](C(C)C)[C@H]2C(=O)N(Cc3ccccc3Cl)C(=O)[C@H]21. The van der Waals surface area contributed by atoms with Gasteiger partial charge < -0.3 is 10.6 Å². The first-order valence-electron chi connectivity index (χ1n) is 10.7. The van der Waals surface area contributed by atoms with Gasteiger partial charge in [0, 0.05) is 21.5 Å². The third kappa shape index (κ3) is 2.79. The lowest BCUT2D eigenvalue weighted by atomic mass is 9.75. The Kier molecular flexibility index (Phi) is 4.89. The first-order chi connectivity index (χ1) is 15.2. The molecule has 3 aliphatic rings. The van der Waals surface area contributed by atoms with Gasteiger partial charge in [0.2, 0.25) is 17.4 Å². The number of rotatable bonds is 3. The van der Waals surface area contributed by atoms with Crippen molar-refractivity contribution in [2.75, 3.05) is 5.32 Å². The van der Waals surface area contributed by atoms with Gasteiger partial charge in [0.1, 0.15) is 17.9 Å². The van der Waals surface area contributed by atoms with Crippen LogP contribution >= 0.6 is 23.2 Å². The van der Waals surface area contributed by atoms with Crippen LogP contribution < -0.4 is 10.6 Å². The van der Waals surface area contributed by atoms with E-state index in [-0.39, 0.29) is 36.2 Å². The highest BCUT2D eigenvalue weighted by molar-refractivity contribution is 6.31. The highest BCUT2D eigenvalue weighted by Crippen LogP contribution is 2.51. The Bertz CT molecular complexity index is 1180. The number of benzene rings is 2. The molecule has 8 heteroatoms. The van der Waals surface area contributed by atoms with E-state index in [4.69, 9.17) is 23.2 Å². The molecule has 1 spiro atoms. The van der Waals surface area contributed by atoms with Crippen molar-refractivity contribution in [3.63, 3.8) is 0 Å². The normalized spacial score (nSPS) is 28.6. The molecule has 2 aromatic carbocycles. The Hall–Kier alpha value is -2.41. The standard InChI is InChI=1S/C24H23Cl2N3O3/c1-11(2)19-17-18(22(31)29(21(17)30)10-13-6-4-5-7-16(13)26)24(28-19)15-9-14(25)8-12(3)20(15)27-23(24)32/h4-9,11,17-19,28H,10H2,1-3H3,(H,27,32)/p+1/t17-,18-,19+,24+/m0/s1. The molecule has 3 aliphatic heterocycles. The summed E-state index contributed by atoms with van der Waals surface area (Å²) in [6.07, 6.45) is 0. The smallest absolute Gasteiger partial charge is 0.291 e. The van der Waals surface area contributed by atoms with E-state index in [0.717, 1.165) is 5.56 Å². The van der Waals surface area contributed by atoms with Crippen molar-refractivity contribution in [3.05, 3.63) is 63.1 Å². The second kappa shape index (κ2) is 7.30. The van der Waals surface area contributed by atoms with Crippen molar-refractivity contribution in [3.8, 4) is 0 Å². The number of nitrogens with two attached hydrogens (primary N) is 1. The minimum Gasteiger partial charge on any atom is -0.326 e. The average molecular weight is 473 g/mol. The summed E-state index contributed by atoms with van der Waals surface area (Å²) in [5.41, 5.74) is 1.69. The van der Waals surface area contributed by atoms with Gasteiger partial charge in [-0.2, -0.15) is 0 Å². The van der Waals surface area contributed by atoms with E-state index in [2.05, 4.69) is 5.32 Å². The lowest BCUT2D eigenvalue weighted by Crippen LogP contribution is -2.99. The zero-order valence-electron chi connectivity index (χ0n) is 18.0. The molecule has 3 N–H and O–H groups in total. The third-order valence-corrected chi connectivity index (χ3v) is 7.81. The summed E-state index contributed by atoms with van der Waals surface area (Å²) in [7, 11) is 0. The Labute approximate surface area is 196 Å². The monoisotopic (exact) mass is 472 g/mol. The molecule has 5 rings (SSSR count). The summed E-state index contributed by atoms with van der Waals surface area (Å²) < 4.78 is 0. The number of carbonyl (C=O) groups excluding carboxylic acids is 3. The molecule has 3 amide bonds. The minimum atomic E-state index is -1.22. The molecule has 6 nitrogen and oxygen atoms in total. The van der Waals surface area contributed by atoms with E-state index < -0.39 is 17.4 Å². The van der Waals surface area contributed by atoms with Crippen LogP contribution in [-0.2, 0) is 26.5 Å². The lowest BCUT2D eigenvalue weighted by molar-refractivity contribution is -0.738. The number of halogens is 2. The van der Waals surface area contributed by atoms with Crippen LogP contribution in [0.5, 0.6) is 0 Å². The fourth-order valence-electron chi connectivity index (χ4n) is 5.74. The third-order valence-electron chi connectivity index (χ3n) is 7.22. The summed E-state index contributed by atoms with van der Waals surface area (Å²) in [5, 5.41) is 5.91. The van der Waals surface area contributed by atoms with Gasteiger partial charge in [0.25, 0.3) is 5.91 Å². The topological polar surface area (TPSA) is 83.1 Å². The Morgan fingerprint density at radius 2 is 1.84 bits per heavy atom. The number of hydrogen-bond donors (Lipinski definition) is 2. The van der Waals surface area contributed by atoms with Crippen molar-refractivity contribution >= 4 is 46.6 Å². The highest BCUT2D eigenvalue weighted by atomic mass is 35.5. The zero-order chi connectivity index (χ0) is 22.9. The van der Waals surface area contributed by atoms with Gasteiger partial charge in [-0.25, -0.2) is 0 Å². The predicted octanol–water partition coefficient (Wildman–Crippen LogP) is 2.85. The summed E-state index contributed by atoms with van der Waals surface area (Å²) in [6.45, 7) is 6.00. The van der Waals surface area contributed by atoms with E-state index in [1.54, 1.807) is 30.3 Å². The molecular weight excluding hydrogens is 449 g/mol. The van der Waals surface area contributed by atoms with Gasteiger partial charge in [-0.1, -0.05) is 55.2 Å². The van der Waals surface area contributed by atoms with Crippen molar-refractivity contribution in [2.45, 2.75) is 38.9 Å². The maximum atomic E-state index is 13.8. The molecule has 2 aromatic rings. The van der Waals surface area contributed by atoms with E-state index in [1.165, 1.54) is 4.90 Å². The first-order valence-corrected chi connectivity index (χ1v) is 11.5. The Morgan fingerprint density at radius 3 is 2.53 bits per heavy atom. The first kappa shape index (κ1) is 21.4. The number of anilines is 1. The van der Waals surface area contributed by atoms with Crippen LogP contribution in [0, 0.1) is 24.7 Å². The van der Waals surface area contributed by atoms with Crippen LogP contribution in [0.15, 0.2) is 36.4 Å². The number of hydrogen-bond acceptors (Lipinski definition) is 3. The van der Waals surface area contributed by atoms with E-state index in [9.17, 15) is 14.4 Å². The number of amides is 3. The van der Waals surface area contributed by atoms with Gasteiger partial charge in [-0.3, -0.25) is 19.3 Å². The van der Waals surface area contributed by atoms with Crippen molar-refractivity contribution in [2.24, 2.45) is 17.8 Å². The Morgan fingerprint density at radius 1 is 1.12 bits per heavy atom. The molecular formula is C24H24Cl2N3O3+. The number of nitrogens with one attached hydrogen (secondary N) is 1. The number of fused-ring (bicyclic) bond motifs is 4. The maximum absolute atomic E-state index is 13.8. The predicted molar refractivity (Wildman–Crippen MR) is 121 cm³/mol. The van der Waals surface area contributed by atoms with Gasteiger partial charge in [0.15, 0.2) is 0 Å². The molecule has 0 bridgehead atoms. The van der Waals surface area contributed by atoms with E-state index in [1.807, 2.05) is 32.2 Å². The second-order valence-corrected chi connectivity index (χ2v) is 10.2. The fraction of sp³-hybridized carbons (Fsp3) is 0.375. The summed E-state index contributed by atoms with van der Waals surface area (Å²) in [4.78, 5) is 42.2. The number of nitrogens with zero attached hydrogens (tertiary/aromatic N) is 1. The minimum absolute atomic E-state index is 0.0796. The van der Waals surface area contributed by atoms with Crippen LogP contribution in [0.4, 0.5) is 5.69 Å². The molecule has 0 aliphatic carbocycles. The summed E-state index contributed by atoms with van der Waals surface area (Å²) >= 11 is 12.7. The van der Waals surface area contributed by atoms with Crippen molar-refractivity contribution in [1.82, 2.24) is 4.90 Å². The second-order valence-electron chi connectivity index (χ2n) is 9.31. The number of imide groups is 1. The molecule has 0 saturated carbocycles. The van der Waals surface area contributed by atoms with Crippen LogP contribution in [0.3, 0.4) is 0 Å². The molecule has 3 heterocycles. The van der Waals surface area contributed by atoms with Gasteiger partial charge in [0.05, 0.1) is 12.2 Å². The molecule has 0 unspecified atom stereocenters. The van der Waals surface area contributed by atoms with Crippen LogP contribution in [0.1, 0.15) is 30.5 Å². The van der Waals surface area contributed by atoms with E-state index >= 15 is 0 Å². The lowest BCUT2D eigenvalue weighted by Gasteiger charge is -2.27. The molecule has 166 valence electrons. The fourth-order valence-corrected chi connectivity index (χ4v) is 6.21. The summed E-state index contributed by atoms with van der Waals surface area (Å²) in [6, 6.07) is 10.5. The van der Waals surface area contributed by atoms with E-state index in [0.29, 0.717) is 26.9 Å². The largest absolute Gasteiger partial charge is 0.326 e. The average Bonchev–Trinajstić information content (AvgIpc) is 3.31. The highest BCUT2D eigenvalue weighted by Gasteiger charge is 2.74. The molecule has 0 radical (unpaired) electrons. The molecule has 2 saturated heterocycles. The zero-order valence-corrected chi connectivity index (χ0v) is 19.5. The van der Waals surface area contributed by atoms with Crippen molar-refractivity contribution in [1.29, 1.82) is 0 Å². The number of likely N-dealkylation sites (tertiary alicyclic amines) is 1. The molecule has 4 atom stereocenters. The van der Waals surface area contributed by atoms with Gasteiger partial charge in [-0.05, 0) is 36.2 Å². The number of quaternary nitrogens is 1. The van der Waals surface area contributed by atoms with Gasteiger partial charge in [-0.15, -0.1) is 0 Å². The molecule has 32 heavy (non-hydrogen) atoms. The van der Waals surface area contributed by atoms with Crippen LogP contribution in [0.25, 0.3) is 0 Å². The van der Waals surface area contributed by atoms with Crippen LogP contribution in [0.2, 0.25) is 10.0 Å². The summed E-state index contributed by atoms with van der Waals surface area (Å²) in [5.74, 6) is -2.16. The quantitative estimate of drug-likeness (QED) is 0.673. The maximum Gasteiger partial charge on any atom is 0.291 e.